The molecule has 1 fully saturated rings. The molecule has 0 aliphatic heterocycles. The molecule has 1 heterocycles. The summed E-state index contributed by atoms with van der Waals surface area (Å²) in [5, 5.41) is 0. The maximum atomic E-state index is 12.1. The maximum absolute atomic E-state index is 12.1. The Kier molecular flexibility index (Phi) is 6.67. The fourth-order valence-corrected chi connectivity index (χ4v) is 3.46. The Hall–Kier alpha value is -1.32. The molecular weight excluding hydrogens is 290 g/mol. The van der Waals surface area contributed by atoms with Crippen molar-refractivity contribution in [3.05, 3.63) is 18.4 Å². The van der Waals surface area contributed by atoms with Crippen molar-refractivity contribution in [2.75, 3.05) is 0 Å². The Bertz CT molecular complexity index is 455. The molecule has 0 N–H and O–H groups in total. The minimum Gasteiger partial charge on any atom is -0.460 e. The second-order valence-electron chi connectivity index (χ2n) is 7.79. The van der Waals surface area contributed by atoms with Crippen LogP contribution in [0.1, 0.15) is 90.4 Å². The van der Waals surface area contributed by atoms with Crippen LogP contribution < -0.4 is 0 Å². The molecule has 4 nitrogen and oxygen atoms in total. The number of nitrogens with zero attached hydrogens (tertiary/aromatic N) is 1. The lowest BCUT2D eigenvalue weighted by molar-refractivity contribution is -0.155. The smallest absolute Gasteiger partial charge is 0.307 e. The van der Waals surface area contributed by atoms with Crippen molar-refractivity contribution >= 4 is 5.97 Å². The van der Waals surface area contributed by atoms with Crippen molar-refractivity contribution in [2.24, 2.45) is 5.92 Å². The topological polar surface area (TPSA) is 52.3 Å². The predicted molar refractivity (Wildman–Crippen MR) is 90.1 cm³/mol. The summed E-state index contributed by atoms with van der Waals surface area (Å²) in [5.74, 6) is 1.40. The summed E-state index contributed by atoms with van der Waals surface area (Å²) in [7, 11) is 0. The predicted octanol–water partition coefficient (Wildman–Crippen LogP) is 5.24. The van der Waals surface area contributed by atoms with Gasteiger partial charge in [-0.2, -0.15) is 0 Å². The van der Waals surface area contributed by atoms with Crippen LogP contribution in [-0.2, 0) is 9.53 Å². The molecule has 0 aromatic carbocycles. The lowest BCUT2D eigenvalue weighted by Crippen LogP contribution is -2.25. The molecule has 1 aliphatic carbocycles. The highest BCUT2D eigenvalue weighted by atomic mass is 16.6. The highest BCUT2D eigenvalue weighted by molar-refractivity contribution is 5.70. The van der Waals surface area contributed by atoms with E-state index in [2.05, 4.69) is 4.98 Å². The summed E-state index contributed by atoms with van der Waals surface area (Å²) in [6.07, 6.45) is 13.8. The first-order valence-corrected chi connectivity index (χ1v) is 9.05. The van der Waals surface area contributed by atoms with E-state index in [1.165, 1.54) is 38.5 Å². The van der Waals surface area contributed by atoms with Crippen LogP contribution in [0.2, 0.25) is 0 Å². The molecule has 23 heavy (non-hydrogen) atoms. The second kappa shape index (κ2) is 8.51. The molecule has 130 valence electrons. The largest absolute Gasteiger partial charge is 0.460 e. The van der Waals surface area contributed by atoms with E-state index in [-0.39, 0.29) is 11.9 Å². The number of rotatable bonds is 7. The van der Waals surface area contributed by atoms with Gasteiger partial charge in [0.15, 0.2) is 5.89 Å². The number of aromatic nitrogens is 1. The zero-order valence-corrected chi connectivity index (χ0v) is 14.8. The van der Waals surface area contributed by atoms with Crippen molar-refractivity contribution in [1.29, 1.82) is 0 Å². The molecule has 1 aromatic heterocycles. The van der Waals surface area contributed by atoms with E-state index < -0.39 is 5.60 Å². The van der Waals surface area contributed by atoms with Crippen LogP contribution in [0.5, 0.6) is 0 Å². The van der Waals surface area contributed by atoms with E-state index in [0.717, 1.165) is 18.8 Å². The minimum absolute atomic E-state index is 0.0310. The highest BCUT2D eigenvalue weighted by Gasteiger charge is 2.24. The lowest BCUT2D eigenvalue weighted by Gasteiger charge is -2.23. The van der Waals surface area contributed by atoms with Crippen molar-refractivity contribution in [3.8, 4) is 0 Å². The molecular formula is C19H31NO3. The average Bonchev–Trinajstić information content (AvgIpc) is 2.99. The number of carbonyl (C=O) groups excluding carboxylic acids is 1. The number of carbonyl (C=O) groups is 1. The Morgan fingerprint density at radius 2 is 2.09 bits per heavy atom. The van der Waals surface area contributed by atoms with Gasteiger partial charge in [0.05, 0.1) is 12.6 Å². The van der Waals surface area contributed by atoms with Gasteiger partial charge in [-0.3, -0.25) is 4.79 Å². The SMILES string of the molecule is CC(C)(C)OC(=O)C[C@@H](CCCC1CCCCC1)c1ncco1. The molecule has 1 atom stereocenters. The van der Waals surface area contributed by atoms with Gasteiger partial charge >= 0.3 is 5.97 Å². The van der Waals surface area contributed by atoms with Gasteiger partial charge in [0, 0.05) is 5.92 Å². The minimum atomic E-state index is -0.444. The van der Waals surface area contributed by atoms with Gasteiger partial charge < -0.3 is 9.15 Å². The molecule has 4 heteroatoms. The lowest BCUT2D eigenvalue weighted by atomic mass is 9.84. The number of oxazole rings is 1. The van der Waals surface area contributed by atoms with Crippen LogP contribution >= 0.6 is 0 Å². The fourth-order valence-electron chi connectivity index (χ4n) is 3.46. The van der Waals surface area contributed by atoms with Gasteiger partial charge in [-0.25, -0.2) is 4.98 Å². The highest BCUT2D eigenvalue weighted by Crippen LogP contribution is 2.31. The van der Waals surface area contributed by atoms with Gasteiger partial charge in [-0.05, 0) is 33.1 Å². The Balaban J connectivity index is 1.83. The molecule has 0 radical (unpaired) electrons. The van der Waals surface area contributed by atoms with Crippen LogP contribution in [0.3, 0.4) is 0 Å². The fraction of sp³-hybridized carbons (Fsp3) is 0.789. The zero-order chi connectivity index (χ0) is 16.7. The summed E-state index contributed by atoms with van der Waals surface area (Å²) in [6.45, 7) is 5.69. The van der Waals surface area contributed by atoms with E-state index in [9.17, 15) is 4.79 Å². The van der Waals surface area contributed by atoms with Gasteiger partial charge in [0.2, 0.25) is 0 Å². The van der Waals surface area contributed by atoms with Crippen LogP contribution in [-0.4, -0.2) is 16.6 Å². The molecule has 1 aromatic rings. The third-order valence-electron chi connectivity index (χ3n) is 4.52. The monoisotopic (exact) mass is 321 g/mol. The average molecular weight is 321 g/mol. The van der Waals surface area contributed by atoms with Crippen molar-refractivity contribution in [2.45, 2.75) is 90.1 Å². The molecule has 0 saturated heterocycles. The van der Waals surface area contributed by atoms with Gasteiger partial charge in [-0.1, -0.05) is 44.9 Å². The van der Waals surface area contributed by atoms with Gasteiger partial charge in [0.1, 0.15) is 11.9 Å². The summed E-state index contributed by atoms with van der Waals surface area (Å²) in [6, 6.07) is 0. The van der Waals surface area contributed by atoms with E-state index in [0.29, 0.717) is 12.3 Å². The first-order chi connectivity index (χ1) is 10.9. The second-order valence-corrected chi connectivity index (χ2v) is 7.79. The Morgan fingerprint density at radius 1 is 1.35 bits per heavy atom. The molecule has 0 amide bonds. The van der Waals surface area contributed by atoms with Crippen LogP contribution in [0, 0.1) is 5.92 Å². The first kappa shape index (κ1) is 18.0. The maximum Gasteiger partial charge on any atom is 0.307 e. The molecule has 0 bridgehead atoms. The molecule has 2 rings (SSSR count). The normalized spacial score (nSPS) is 17.9. The van der Waals surface area contributed by atoms with Gasteiger partial charge in [0.25, 0.3) is 0 Å². The Morgan fingerprint density at radius 3 is 2.70 bits per heavy atom. The summed E-state index contributed by atoms with van der Waals surface area (Å²) < 4.78 is 10.9. The van der Waals surface area contributed by atoms with E-state index in [4.69, 9.17) is 9.15 Å². The van der Waals surface area contributed by atoms with Crippen LogP contribution in [0.25, 0.3) is 0 Å². The third kappa shape index (κ3) is 6.76. The molecule has 0 unspecified atom stereocenters. The summed E-state index contributed by atoms with van der Waals surface area (Å²) in [4.78, 5) is 16.4. The molecule has 1 aliphatic rings. The van der Waals surface area contributed by atoms with Gasteiger partial charge in [-0.15, -0.1) is 0 Å². The van der Waals surface area contributed by atoms with Crippen molar-refractivity contribution < 1.29 is 13.9 Å². The molecule has 1 saturated carbocycles. The van der Waals surface area contributed by atoms with E-state index >= 15 is 0 Å². The van der Waals surface area contributed by atoms with Crippen molar-refractivity contribution in [1.82, 2.24) is 4.98 Å². The van der Waals surface area contributed by atoms with E-state index in [1.807, 2.05) is 20.8 Å². The number of esters is 1. The standard InChI is InChI=1S/C19H31NO3/c1-19(2,3)23-17(21)14-16(18-20-12-13-22-18)11-7-10-15-8-5-4-6-9-15/h12-13,15-16H,4-11,14H2,1-3H3/t16-/m1/s1. The zero-order valence-electron chi connectivity index (χ0n) is 14.8. The van der Waals surface area contributed by atoms with Crippen LogP contribution in [0.4, 0.5) is 0 Å². The number of ether oxygens (including phenoxy) is 1. The number of hydrogen-bond acceptors (Lipinski definition) is 4. The van der Waals surface area contributed by atoms with Crippen LogP contribution in [0.15, 0.2) is 16.9 Å². The number of hydrogen-bond donors (Lipinski definition) is 0. The molecule has 0 spiro atoms. The quantitative estimate of drug-likeness (QED) is 0.644. The summed E-state index contributed by atoms with van der Waals surface area (Å²) in [5.41, 5.74) is -0.444. The first-order valence-electron chi connectivity index (χ1n) is 9.05. The summed E-state index contributed by atoms with van der Waals surface area (Å²) >= 11 is 0. The Labute approximate surface area is 140 Å². The van der Waals surface area contributed by atoms with Crippen molar-refractivity contribution in [3.63, 3.8) is 0 Å². The van der Waals surface area contributed by atoms with E-state index in [1.54, 1.807) is 12.5 Å². The third-order valence-corrected chi connectivity index (χ3v) is 4.52.